The zero-order chi connectivity index (χ0) is 17.6. The molecule has 0 saturated carbocycles. The van der Waals surface area contributed by atoms with Gasteiger partial charge < -0.3 is 10.2 Å². The maximum Gasteiger partial charge on any atom is 0.128 e. The smallest absolute Gasteiger partial charge is 0.128 e. The third-order valence-electron chi connectivity index (χ3n) is 4.38. The van der Waals surface area contributed by atoms with Crippen LogP contribution in [0.4, 0.5) is 11.5 Å². The molecule has 1 atom stereocenters. The Morgan fingerprint density at radius 1 is 1.24 bits per heavy atom. The molecule has 1 aliphatic rings. The fraction of sp³-hybridized carbons (Fsp3) is 0.368. The summed E-state index contributed by atoms with van der Waals surface area (Å²) < 4.78 is 0. The van der Waals surface area contributed by atoms with Gasteiger partial charge in [0.1, 0.15) is 11.9 Å². The molecule has 0 bridgehead atoms. The Kier molecular flexibility index (Phi) is 5.75. The summed E-state index contributed by atoms with van der Waals surface area (Å²) in [6, 6.07) is 13.9. The Morgan fingerprint density at radius 2 is 2.04 bits per heavy atom. The van der Waals surface area contributed by atoms with Crippen LogP contribution in [0.25, 0.3) is 0 Å². The zero-order valence-electron chi connectivity index (χ0n) is 14.3. The molecule has 1 aliphatic heterocycles. The molecule has 3 rings (SSSR count). The normalized spacial score (nSPS) is 16.3. The number of nitrogens with one attached hydrogen (secondary N) is 1. The largest absolute Gasteiger partial charge is 0.381 e. The fourth-order valence-corrected chi connectivity index (χ4v) is 3.34. The molecule has 1 aromatic carbocycles. The number of pyridine rings is 1. The highest BCUT2D eigenvalue weighted by molar-refractivity contribution is 6.32. The lowest BCUT2D eigenvalue weighted by molar-refractivity contribution is 0.250. The van der Waals surface area contributed by atoms with Gasteiger partial charge in [0.05, 0.1) is 10.6 Å². The SMILES string of the molecule is CC(CN1CCN(c2ccccn2)CC1)Nc1ccc(C#N)c(Cl)c1. The number of hydrogen-bond donors (Lipinski definition) is 1. The first-order valence-electron chi connectivity index (χ1n) is 8.50. The van der Waals surface area contributed by atoms with Crippen molar-refractivity contribution in [2.45, 2.75) is 13.0 Å². The second-order valence-corrected chi connectivity index (χ2v) is 6.73. The number of halogens is 1. The van der Waals surface area contributed by atoms with E-state index >= 15 is 0 Å². The molecular weight excluding hydrogens is 334 g/mol. The van der Waals surface area contributed by atoms with Crippen LogP contribution < -0.4 is 10.2 Å². The molecule has 1 aromatic heterocycles. The maximum atomic E-state index is 8.94. The Balaban J connectivity index is 1.49. The molecule has 1 unspecified atom stereocenters. The molecule has 1 saturated heterocycles. The van der Waals surface area contributed by atoms with Gasteiger partial charge in [-0.25, -0.2) is 4.98 Å². The summed E-state index contributed by atoms with van der Waals surface area (Å²) in [5, 5.41) is 12.9. The number of nitriles is 1. The van der Waals surface area contributed by atoms with Gasteiger partial charge in [-0.3, -0.25) is 4.90 Å². The van der Waals surface area contributed by atoms with E-state index in [4.69, 9.17) is 16.9 Å². The third kappa shape index (κ3) is 4.62. The van der Waals surface area contributed by atoms with Gasteiger partial charge >= 0.3 is 0 Å². The molecule has 0 radical (unpaired) electrons. The molecule has 0 spiro atoms. The average Bonchev–Trinajstić information content (AvgIpc) is 2.63. The first-order chi connectivity index (χ1) is 12.2. The summed E-state index contributed by atoms with van der Waals surface area (Å²) in [5.74, 6) is 1.06. The minimum Gasteiger partial charge on any atom is -0.381 e. The summed E-state index contributed by atoms with van der Waals surface area (Å²) in [5.41, 5.74) is 1.45. The van der Waals surface area contributed by atoms with E-state index in [1.54, 1.807) is 6.07 Å². The van der Waals surface area contributed by atoms with Crippen molar-refractivity contribution < 1.29 is 0 Å². The minimum absolute atomic E-state index is 0.297. The predicted octanol–water partition coefficient (Wildman–Crippen LogP) is 3.23. The Bertz CT molecular complexity index is 735. The van der Waals surface area contributed by atoms with E-state index in [1.165, 1.54) is 0 Å². The number of nitrogens with zero attached hydrogens (tertiary/aromatic N) is 4. The number of aromatic nitrogens is 1. The van der Waals surface area contributed by atoms with Crippen molar-refractivity contribution >= 4 is 23.1 Å². The quantitative estimate of drug-likeness (QED) is 0.892. The molecule has 2 aromatic rings. The van der Waals surface area contributed by atoms with Crippen LogP contribution >= 0.6 is 11.6 Å². The van der Waals surface area contributed by atoms with Gasteiger partial charge in [-0.15, -0.1) is 0 Å². The Morgan fingerprint density at radius 3 is 2.68 bits per heavy atom. The van der Waals surface area contributed by atoms with E-state index < -0.39 is 0 Å². The molecule has 2 heterocycles. The summed E-state index contributed by atoms with van der Waals surface area (Å²) in [6.45, 7) is 7.16. The van der Waals surface area contributed by atoms with E-state index in [1.807, 2.05) is 30.5 Å². The first kappa shape index (κ1) is 17.5. The van der Waals surface area contributed by atoms with E-state index in [0.717, 1.165) is 44.2 Å². The number of piperazine rings is 1. The van der Waals surface area contributed by atoms with Crippen LogP contribution in [0.1, 0.15) is 12.5 Å². The maximum absolute atomic E-state index is 8.94. The molecule has 25 heavy (non-hydrogen) atoms. The van der Waals surface area contributed by atoms with Gasteiger partial charge in [-0.2, -0.15) is 5.26 Å². The van der Waals surface area contributed by atoms with Crippen LogP contribution in [0.3, 0.4) is 0 Å². The van der Waals surface area contributed by atoms with Gasteiger partial charge in [-0.05, 0) is 37.3 Å². The predicted molar refractivity (Wildman–Crippen MR) is 102 cm³/mol. The molecule has 0 aliphatic carbocycles. The lowest BCUT2D eigenvalue weighted by Gasteiger charge is -2.36. The lowest BCUT2D eigenvalue weighted by Crippen LogP contribution is -2.49. The second-order valence-electron chi connectivity index (χ2n) is 6.33. The van der Waals surface area contributed by atoms with E-state index in [2.05, 4.69) is 39.2 Å². The third-order valence-corrected chi connectivity index (χ3v) is 4.69. The minimum atomic E-state index is 0.297. The van der Waals surface area contributed by atoms with Crippen LogP contribution in [-0.4, -0.2) is 48.6 Å². The monoisotopic (exact) mass is 355 g/mol. The van der Waals surface area contributed by atoms with Crippen molar-refractivity contribution in [1.29, 1.82) is 5.26 Å². The molecular formula is C19H22ClN5. The molecule has 1 N–H and O–H groups in total. The van der Waals surface area contributed by atoms with Crippen molar-refractivity contribution in [3.8, 4) is 6.07 Å². The van der Waals surface area contributed by atoms with E-state index in [-0.39, 0.29) is 0 Å². The van der Waals surface area contributed by atoms with Crippen molar-refractivity contribution in [2.75, 3.05) is 42.9 Å². The Hall–Kier alpha value is -2.29. The molecule has 6 heteroatoms. The van der Waals surface area contributed by atoms with Crippen LogP contribution in [0.15, 0.2) is 42.6 Å². The van der Waals surface area contributed by atoms with Gasteiger partial charge in [0.15, 0.2) is 0 Å². The molecule has 5 nitrogen and oxygen atoms in total. The Labute approximate surface area is 153 Å². The van der Waals surface area contributed by atoms with Crippen molar-refractivity contribution in [3.63, 3.8) is 0 Å². The van der Waals surface area contributed by atoms with Gasteiger partial charge in [0.2, 0.25) is 0 Å². The molecule has 0 amide bonds. The number of anilines is 2. The van der Waals surface area contributed by atoms with Crippen molar-refractivity contribution in [3.05, 3.63) is 53.2 Å². The van der Waals surface area contributed by atoms with E-state index in [0.29, 0.717) is 16.6 Å². The number of hydrogen-bond acceptors (Lipinski definition) is 5. The second kappa shape index (κ2) is 8.19. The highest BCUT2D eigenvalue weighted by Crippen LogP contribution is 2.21. The van der Waals surface area contributed by atoms with Crippen LogP contribution in [0.5, 0.6) is 0 Å². The van der Waals surface area contributed by atoms with Crippen LogP contribution in [-0.2, 0) is 0 Å². The zero-order valence-corrected chi connectivity index (χ0v) is 15.1. The first-order valence-corrected chi connectivity index (χ1v) is 8.88. The summed E-state index contributed by atoms with van der Waals surface area (Å²) >= 11 is 6.09. The van der Waals surface area contributed by atoms with Gasteiger partial charge in [0.25, 0.3) is 0 Å². The lowest BCUT2D eigenvalue weighted by atomic mass is 10.2. The van der Waals surface area contributed by atoms with Crippen LogP contribution in [0.2, 0.25) is 5.02 Å². The molecule has 130 valence electrons. The van der Waals surface area contributed by atoms with Gasteiger partial charge in [-0.1, -0.05) is 17.7 Å². The van der Waals surface area contributed by atoms with Crippen molar-refractivity contribution in [1.82, 2.24) is 9.88 Å². The standard InChI is InChI=1S/C19H22ClN5/c1-15(23-17-6-5-16(13-21)18(20)12-17)14-24-8-10-25(11-9-24)19-4-2-3-7-22-19/h2-7,12,15,23H,8-11,14H2,1H3. The summed E-state index contributed by atoms with van der Waals surface area (Å²) in [6.07, 6.45) is 1.84. The van der Waals surface area contributed by atoms with Crippen molar-refractivity contribution in [2.24, 2.45) is 0 Å². The fourth-order valence-electron chi connectivity index (χ4n) is 3.11. The van der Waals surface area contributed by atoms with Gasteiger partial charge in [0, 0.05) is 50.6 Å². The summed E-state index contributed by atoms with van der Waals surface area (Å²) in [7, 11) is 0. The van der Waals surface area contributed by atoms with E-state index in [9.17, 15) is 0 Å². The summed E-state index contributed by atoms with van der Waals surface area (Å²) in [4.78, 5) is 9.22. The van der Waals surface area contributed by atoms with Crippen LogP contribution in [0, 0.1) is 11.3 Å². The number of benzene rings is 1. The topological polar surface area (TPSA) is 55.2 Å². The average molecular weight is 356 g/mol. The molecule has 1 fully saturated rings. The highest BCUT2D eigenvalue weighted by atomic mass is 35.5. The highest BCUT2D eigenvalue weighted by Gasteiger charge is 2.19. The number of rotatable bonds is 5.